The maximum atomic E-state index is 13.9. The molecule has 0 aliphatic heterocycles. The van der Waals surface area contributed by atoms with Crippen LogP contribution in [0.15, 0.2) is 0 Å². The number of halogens is 22. The molecule has 0 aromatic carbocycles. The molecule has 34 heavy (non-hydrogen) atoms. The maximum absolute atomic E-state index is 13.9. The minimum absolute atomic E-state index is 0.943. The van der Waals surface area contributed by atoms with Gasteiger partial charge in [-0.05, 0) is 0 Å². The van der Waals surface area contributed by atoms with Gasteiger partial charge in [0.25, 0.3) is 0 Å². The predicted molar refractivity (Wildman–Crippen MR) is 53.9 cm³/mol. The van der Waals surface area contributed by atoms with Crippen molar-refractivity contribution >= 4 is 0 Å². The molecule has 0 spiro atoms. The number of alkyl halides is 22. The van der Waals surface area contributed by atoms with E-state index in [1.165, 1.54) is 0 Å². The van der Waals surface area contributed by atoms with E-state index in [0.29, 0.717) is 0 Å². The number of rotatable bonds is 7. The van der Waals surface area contributed by atoms with Crippen LogP contribution in [0.4, 0.5) is 96.6 Å². The van der Waals surface area contributed by atoms with Crippen molar-refractivity contribution in [3.05, 3.63) is 0 Å². The van der Waals surface area contributed by atoms with Crippen LogP contribution in [-0.4, -0.2) is 60.5 Å². The van der Waals surface area contributed by atoms with E-state index in [9.17, 15) is 96.6 Å². The normalized spacial score (nSPS) is 19.6. The minimum Gasteiger partial charge on any atom is -0.264 e. The molecule has 0 aliphatic rings. The van der Waals surface area contributed by atoms with Crippen LogP contribution in [0.2, 0.25) is 0 Å². The van der Waals surface area contributed by atoms with Gasteiger partial charge in [-0.3, -0.25) is 9.47 Å². The Kier molecular flexibility index (Phi) is 7.57. The van der Waals surface area contributed by atoms with Gasteiger partial charge in [0.1, 0.15) is 0 Å². The predicted octanol–water partition coefficient (Wildman–Crippen LogP) is 7.06. The molecule has 206 valence electrons. The summed E-state index contributed by atoms with van der Waals surface area (Å²) >= 11 is 0. The maximum Gasteiger partial charge on any atom is 0.462 e. The quantitative estimate of drug-likeness (QED) is 0.306. The zero-order valence-electron chi connectivity index (χ0n) is 14.1. The number of ether oxygens (including phenoxy) is 2. The molecule has 0 aliphatic carbocycles. The zero-order valence-corrected chi connectivity index (χ0v) is 14.1. The Labute approximate surface area is 168 Å². The molecule has 0 amide bonds. The monoisotopic (exact) mass is 570 g/mol. The second-order valence-electron chi connectivity index (χ2n) is 5.57. The third kappa shape index (κ3) is 4.87. The molecule has 2 unspecified atom stereocenters. The van der Waals surface area contributed by atoms with Gasteiger partial charge in [-0.15, -0.1) is 0 Å². The Balaban J connectivity index is 7.20. The number of hydrogen-bond acceptors (Lipinski definition) is 2. The van der Waals surface area contributed by atoms with Gasteiger partial charge in [0.05, 0.1) is 0 Å². The fourth-order valence-electron chi connectivity index (χ4n) is 1.42. The van der Waals surface area contributed by atoms with Crippen molar-refractivity contribution in [3.8, 4) is 0 Å². The van der Waals surface area contributed by atoms with Crippen LogP contribution in [-0.2, 0) is 9.47 Å². The summed E-state index contributed by atoms with van der Waals surface area (Å²) in [7, 11) is 0. The van der Waals surface area contributed by atoms with Gasteiger partial charge in [-0.25, -0.2) is 0 Å². The molecular formula is C10F22O2. The molecule has 0 radical (unpaired) electrons. The van der Waals surface area contributed by atoms with Crippen molar-refractivity contribution in [1.29, 1.82) is 0 Å². The molecule has 2 nitrogen and oxygen atoms in total. The molecule has 0 aromatic rings. The Morgan fingerprint density at radius 1 is 0.265 bits per heavy atom. The highest BCUT2D eigenvalue weighted by Gasteiger charge is 2.90. The first-order valence-electron chi connectivity index (χ1n) is 6.72. The lowest BCUT2D eigenvalue weighted by Crippen LogP contribution is -2.73. The summed E-state index contributed by atoms with van der Waals surface area (Å²) in [5.74, 6) is -34.0. The molecule has 0 fully saturated rings. The first kappa shape index (κ1) is 32.4. The molecule has 0 aromatic heterocycles. The van der Waals surface area contributed by atoms with Gasteiger partial charge in [0, 0.05) is 0 Å². The van der Waals surface area contributed by atoms with Crippen molar-refractivity contribution in [2.24, 2.45) is 0 Å². The fourth-order valence-corrected chi connectivity index (χ4v) is 1.42. The molecule has 0 rings (SSSR count). The Morgan fingerprint density at radius 3 is 0.559 bits per heavy atom. The molecule has 0 heterocycles. The Hall–Kier alpha value is -1.62. The zero-order chi connectivity index (χ0) is 28.4. The molecule has 2 atom stereocenters. The molecule has 24 heteroatoms. The first-order valence-corrected chi connectivity index (χ1v) is 6.72. The standard InChI is InChI=1S/C10F22O2/c11-1(12,5(17,18)19)9(29,30)33-3(15,7(23,24)25)4(16,8(26,27)28)34-10(31,32)2(13,14)6(20,21)22. The van der Waals surface area contributed by atoms with Gasteiger partial charge in [0.15, 0.2) is 0 Å². The summed E-state index contributed by atoms with van der Waals surface area (Å²) in [6.07, 6.45) is -49.4. The van der Waals surface area contributed by atoms with Crippen molar-refractivity contribution in [3.63, 3.8) is 0 Å². The fraction of sp³-hybridized carbons (Fsp3) is 1.00. The van der Waals surface area contributed by atoms with Crippen molar-refractivity contribution < 1.29 is 106 Å². The van der Waals surface area contributed by atoms with E-state index in [2.05, 4.69) is 0 Å². The summed E-state index contributed by atoms with van der Waals surface area (Å²) in [6.45, 7) is 0. The van der Waals surface area contributed by atoms with Crippen LogP contribution < -0.4 is 0 Å². The average Bonchev–Trinajstić information content (AvgIpc) is 2.48. The van der Waals surface area contributed by atoms with Gasteiger partial charge < -0.3 is 0 Å². The highest BCUT2D eigenvalue weighted by Crippen LogP contribution is 2.61. The summed E-state index contributed by atoms with van der Waals surface area (Å²) in [4.78, 5) is 0. The molecule has 0 saturated carbocycles. The van der Waals surface area contributed by atoms with Gasteiger partial charge in [0.2, 0.25) is 0 Å². The smallest absolute Gasteiger partial charge is 0.264 e. The van der Waals surface area contributed by atoms with Crippen LogP contribution >= 0.6 is 0 Å². The highest BCUT2D eigenvalue weighted by atomic mass is 19.4. The van der Waals surface area contributed by atoms with Gasteiger partial charge >= 0.3 is 60.5 Å². The molecule has 0 saturated heterocycles. The third-order valence-electron chi connectivity index (χ3n) is 3.12. The van der Waals surface area contributed by atoms with Crippen LogP contribution in [0.25, 0.3) is 0 Å². The Morgan fingerprint density at radius 2 is 0.441 bits per heavy atom. The van der Waals surface area contributed by atoms with E-state index in [-0.39, 0.29) is 0 Å². The van der Waals surface area contributed by atoms with E-state index in [1.54, 1.807) is 0 Å². The van der Waals surface area contributed by atoms with E-state index in [4.69, 9.17) is 0 Å². The summed E-state index contributed by atoms with van der Waals surface area (Å²) < 4.78 is 279. The van der Waals surface area contributed by atoms with E-state index in [0.717, 1.165) is 9.47 Å². The lowest BCUT2D eigenvalue weighted by Gasteiger charge is -2.43. The van der Waals surface area contributed by atoms with Gasteiger partial charge in [-0.2, -0.15) is 96.6 Å². The van der Waals surface area contributed by atoms with Crippen LogP contribution in [0, 0.1) is 0 Å². The summed E-state index contributed by atoms with van der Waals surface area (Å²) in [5.41, 5.74) is 0. The van der Waals surface area contributed by atoms with Crippen LogP contribution in [0.3, 0.4) is 0 Å². The lowest BCUT2D eigenvalue weighted by atomic mass is 10.1. The second-order valence-corrected chi connectivity index (χ2v) is 5.57. The van der Waals surface area contributed by atoms with E-state index >= 15 is 0 Å². The highest BCUT2D eigenvalue weighted by molar-refractivity contribution is 5.03. The molecular weight excluding hydrogens is 570 g/mol. The van der Waals surface area contributed by atoms with Gasteiger partial charge in [-0.1, -0.05) is 0 Å². The molecule has 0 N–H and O–H groups in total. The van der Waals surface area contributed by atoms with E-state index < -0.39 is 60.5 Å². The number of hydrogen-bond donors (Lipinski definition) is 0. The second kappa shape index (κ2) is 7.94. The van der Waals surface area contributed by atoms with Crippen molar-refractivity contribution in [2.45, 2.75) is 60.5 Å². The van der Waals surface area contributed by atoms with Crippen LogP contribution in [0.1, 0.15) is 0 Å². The lowest BCUT2D eigenvalue weighted by molar-refractivity contribution is -0.570. The van der Waals surface area contributed by atoms with Crippen LogP contribution in [0.5, 0.6) is 0 Å². The summed E-state index contributed by atoms with van der Waals surface area (Å²) in [6, 6.07) is 0. The minimum atomic E-state index is -8.79. The summed E-state index contributed by atoms with van der Waals surface area (Å²) in [5, 5.41) is 0. The first-order chi connectivity index (χ1) is 14.2. The van der Waals surface area contributed by atoms with Crippen molar-refractivity contribution in [1.82, 2.24) is 0 Å². The SMILES string of the molecule is FC(F)(F)C(F)(F)C(F)(F)OC(F)(C(F)(F)F)C(F)(OC(F)(F)C(F)(F)C(F)(F)F)C(F)(F)F. The average molecular weight is 570 g/mol. The third-order valence-corrected chi connectivity index (χ3v) is 3.12. The largest absolute Gasteiger partial charge is 0.462 e. The Bertz CT molecular complexity index is 662. The molecule has 0 bridgehead atoms. The topological polar surface area (TPSA) is 18.5 Å². The van der Waals surface area contributed by atoms with E-state index in [1.807, 2.05) is 0 Å². The van der Waals surface area contributed by atoms with Crippen molar-refractivity contribution in [2.75, 3.05) is 0 Å².